The highest BCUT2D eigenvalue weighted by atomic mass is 35.5. The molecule has 1 saturated carbocycles. The predicted octanol–water partition coefficient (Wildman–Crippen LogP) is -4.18. The van der Waals surface area contributed by atoms with E-state index in [0.717, 1.165) is 10.6 Å². The molecule has 0 aromatic heterocycles. The van der Waals surface area contributed by atoms with Crippen LogP contribution in [0.5, 0.6) is 0 Å². The quantitative estimate of drug-likeness (QED) is 0.469. The fourth-order valence-electron chi connectivity index (χ4n) is 2.29. The Bertz CT molecular complexity index is 424. The number of halogens is 1. The van der Waals surface area contributed by atoms with Gasteiger partial charge in [0.15, 0.2) is 12.0 Å². The van der Waals surface area contributed by atoms with E-state index in [1.807, 2.05) is 6.20 Å². The van der Waals surface area contributed by atoms with Gasteiger partial charge < -0.3 is 22.6 Å². The molecule has 2 atom stereocenters. The van der Waals surface area contributed by atoms with Gasteiger partial charge in [0.2, 0.25) is 0 Å². The van der Waals surface area contributed by atoms with Crippen LogP contribution in [-0.4, -0.2) is 35.0 Å². The van der Waals surface area contributed by atoms with Crippen LogP contribution in [-0.2, 0) is 0 Å². The van der Waals surface area contributed by atoms with Crippen molar-refractivity contribution in [3.05, 3.63) is 23.8 Å². The van der Waals surface area contributed by atoms with Crippen LogP contribution in [0.3, 0.4) is 0 Å². The highest BCUT2D eigenvalue weighted by molar-refractivity contribution is 5.81. The summed E-state index contributed by atoms with van der Waals surface area (Å²) in [6.07, 6.45) is 7.58. The molecule has 2 unspecified atom stereocenters. The number of quaternary nitrogens is 1. The lowest BCUT2D eigenvalue weighted by atomic mass is 9.77. The molecule has 3 rings (SSSR count). The lowest BCUT2D eigenvalue weighted by Gasteiger charge is -2.34. The van der Waals surface area contributed by atoms with E-state index in [1.165, 1.54) is 0 Å². The Morgan fingerprint density at radius 2 is 2.18 bits per heavy atom. The second-order valence-corrected chi connectivity index (χ2v) is 4.44. The van der Waals surface area contributed by atoms with Crippen molar-refractivity contribution in [3.63, 3.8) is 0 Å². The Morgan fingerprint density at radius 1 is 1.41 bits per heavy atom. The molecule has 0 spiro atoms. The number of fused-ring (bicyclic) bond motifs is 1. The van der Waals surface area contributed by atoms with Crippen molar-refractivity contribution in [2.45, 2.75) is 25.0 Å². The molecule has 5 nitrogen and oxygen atoms in total. The van der Waals surface area contributed by atoms with Crippen molar-refractivity contribution in [3.8, 4) is 0 Å². The van der Waals surface area contributed by atoms with Crippen molar-refractivity contribution in [2.75, 3.05) is 0 Å². The third-order valence-corrected chi connectivity index (χ3v) is 3.35. The van der Waals surface area contributed by atoms with Gasteiger partial charge in [0.1, 0.15) is 18.0 Å². The first-order valence-corrected chi connectivity index (χ1v) is 5.47. The van der Waals surface area contributed by atoms with Crippen molar-refractivity contribution in [1.29, 1.82) is 0 Å². The number of aliphatic imine (C=N–C) groups is 2. The minimum absolute atomic E-state index is 0. The fraction of sp³-hybridized carbons (Fsp3) is 0.455. The first-order chi connectivity index (χ1) is 7.75. The van der Waals surface area contributed by atoms with E-state index in [9.17, 15) is 10.2 Å². The molecule has 17 heavy (non-hydrogen) atoms. The van der Waals surface area contributed by atoms with Gasteiger partial charge in [-0.15, -0.1) is 0 Å². The smallest absolute Gasteiger partial charge is 0.198 e. The predicted molar refractivity (Wildman–Crippen MR) is 58.9 cm³/mol. The Labute approximate surface area is 105 Å². The van der Waals surface area contributed by atoms with Crippen LogP contribution < -0.4 is 17.3 Å². The molecule has 2 aliphatic heterocycles. The van der Waals surface area contributed by atoms with Crippen LogP contribution in [0.15, 0.2) is 33.8 Å². The molecule has 0 amide bonds. The first kappa shape index (κ1) is 12.4. The summed E-state index contributed by atoms with van der Waals surface area (Å²) in [7, 11) is 0. The molecule has 3 N–H and O–H groups in total. The van der Waals surface area contributed by atoms with Gasteiger partial charge in [0.05, 0.1) is 18.5 Å². The van der Waals surface area contributed by atoms with Crippen molar-refractivity contribution >= 4 is 12.6 Å². The van der Waals surface area contributed by atoms with E-state index in [0.29, 0.717) is 18.5 Å². The van der Waals surface area contributed by atoms with E-state index in [-0.39, 0.29) is 24.4 Å². The highest BCUT2D eigenvalue weighted by Crippen LogP contribution is 2.34. The minimum atomic E-state index is -0.579. The van der Waals surface area contributed by atoms with Gasteiger partial charge in [-0.2, -0.15) is 4.99 Å². The summed E-state index contributed by atoms with van der Waals surface area (Å²) in [6.45, 7) is 0. The summed E-state index contributed by atoms with van der Waals surface area (Å²) < 4.78 is 0. The summed E-state index contributed by atoms with van der Waals surface area (Å²) in [5.74, 6) is 0.133. The topological polar surface area (TPSA) is 69.6 Å². The number of aliphatic hydroxyl groups excluding tert-OH is 2. The van der Waals surface area contributed by atoms with Crippen LogP contribution in [0.2, 0.25) is 0 Å². The lowest BCUT2D eigenvalue weighted by Crippen LogP contribution is -3.04. The largest absolute Gasteiger partial charge is 1.00 e. The molecule has 0 aromatic carbocycles. The highest BCUT2D eigenvalue weighted by Gasteiger charge is 2.39. The van der Waals surface area contributed by atoms with E-state index < -0.39 is 6.10 Å². The van der Waals surface area contributed by atoms with Crippen LogP contribution in [0.1, 0.15) is 12.8 Å². The standard InChI is InChI=1S/C11H13N3O2.ClH/c15-8-3-7(4-8)11(16)10-9-5-12-1-2-14(9)6-13-10;/h1-2,5-8,11,15-16H,3-4H2;1H. The zero-order valence-electron chi connectivity index (χ0n) is 9.12. The molecule has 0 aromatic rings. The third-order valence-electron chi connectivity index (χ3n) is 3.35. The molecule has 0 saturated heterocycles. The van der Waals surface area contributed by atoms with Gasteiger partial charge in [-0.25, -0.2) is 4.90 Å². The number of nitrogens with one attached hydrogen (secondary N) is 1. The summed E-state index contributed by atoms with van der Waals surface area (Å²) >= 11 is 0. The lowest BCUT2D eigenvalue weighted by molar-refractivity contribution is -0.682. The molecule has 0 radical (unpaired) electrons. The maximum Gasteiger partial charge on any atom is 0.198 e. The summed E-state index contributed by atoms with van der Waals surface area (Å²) in [5, 5.41) is 19.4. The Balaban J connectivity index is 0.00000108. The average Bonchev–Trinajstić information content (AvgIpc) is 2.67. The molecule has 92 valence electrons. The van der Waals surface area contributed by atoms with Gasteiger partial charge in [-0.3, -0.25) is 4.99 Å². The molecule has 6 heteroatoms. The second-order valence-electron chi connectivity index (χ2n) is 4.44. The fourth-order valence-corrected chi connectivity index (χ4v) is 2.29. The number of aliphatic hydroxyl groups is 2. The van der Waals surface area contributed by atoms with E-state index in [4.69, 9.17) is 0 Å². The Hall–Kier alpha value is -1.01. The van der Waals surface area contributed by atoms with E-state index >= 15 is 0 Å². The van der Waals surface area contributed by atoms with Crippen LogP contribution in [0.4, 0.5) is 0 Å². The summed E-state index contributed by atoms with van der Waals surface area (Å²) in [5.41, 5.74) is 1.61. The zero-order chi connectivity index (χ0) is 11.1. The number of nitrogens with zero attached hydrogens (tertiary/aromatic N) is 2. The molecule has 2 heterocycles. The average molecular weight is 256 g/mol. The molecule has 1 aliphatic carbocycles. The number of hydrogen-bond acceptors (Lipinski definition) is 4. The Morgan fingerprint density at radius 3 is 2.88 bits per heavy atom. The van der Waals surface area contributed by atoms with Crippen LogP contribution in [0.25, 0.3) is 0 Å². The normalized spacial score (nSPS) is 35.3. The van der Waals surface area contributed by atoms with E-state index in [2.05, 4.69) is 9.98 Å². The number of rotatable bonds is 2. The van der Waals surface area contributed by atoms with Crippen molar-refractivity contribution in [1.82, 2.24) is 0 Å². The third kappa shape index (κ3) is 2.07. The van der Waals surface area contributed by atoms with Gasteiger partial charge in [0.25, 0.3) is 0 Å². The van der Waals surface area contributed by atoms with Gasteiger partial charge in [0, 0.05) is 0 Å². The number of hydrogen-bond donors (Lipinski definition) is 3. The summed E-state index contributed by atoms with van der Waals surface area (Å²) in [6, 6.07) is 0. The molecular weight excluding hydrogens is 242 g/mol. The number of allylic oxidation sites excluding steroid dienone is 1. The van der Waals surface area contributed by atoms with Crippen LogP contribution in [0, 0.1) is 5.92 Å². The summed E-state index contributed by atoms with van der Waals surface area (Å²) in [4.78, 5) is 9.30. The van der Waals surface area contributed by atoms with Gasteiger partial charge in [-0.1, -0.05) is 0 Å². The molecule has 1 fully saturated rings. The molecule has 0 bridgehead atoms. The molecule has 3 aliphatic rings. The van der Waals surface area contributed by atoms with Crippen molar-refractivity contribution in [2.24, 2.45) is 15.9 Å². The zero-order valence-corrected chi connectivity index (χ0v) is 9.88. The first-order valence-electron chi connectivity index (χ1n) is 5.47. The minimum Gasteiger partial charge on any atom is -1.00 e. The second kappa shape index (κ2) is 4.70. The van der Waals surface area contributed by atoms with E-state index in [1.54, 1.807) is 18.8 Å². The van der Waals surface area contributed by atoms with Gasteiger partial charge in [-0.05, 0) is 18.8 Å². The van der Waals surface area contributed by atoms with Gasteiger partial charge >= 0.3 is 0 Å². The Kier molecular flexibility index (Phi) is 3.44. The molecular formula is C11H14ClN3O2. The maximum absolute atomic E-state index is 10.1. The van der Waals surface area contributed by atoms with Crippen molar-refractivity contribution < 1.29 is 27.5 Å². The maximum atomic E-state index is 10.1. The monoisotopic (exact) mass is 255 g/mol. The SMILES string of the molecule is OC1CC(C(O)C2=C3C=NC=C[NH+]3C=N2)C1.[Cl-]. The van der Waals surface area contributed by atoms with Crippen LogP contribution >= 0.6 is 0 Å².